The van der Waals surface area contributed by atoms with Gasteiger partial charge in [0, 0.05) is 12.5 Å². The fourth-order valence-corrected chi connectivity index (χ4v) is 5.37. The van der Waals surface area contributed by atoms with E-state index in [1.807, 2.05) is 6.08 Å². The molecule has 0 heterocycles. The molecule has 0 saturated heterocycles. The number of allylic oxidation sites excluding steroid dienone is 3. The van der Waals surface area contributed by atoms with E-state index in [0.29, 0.717) is 17.2 Å². The molecule has 1 aromatic carbocycles. The first-order chi connectivity index (χ1) is 12.5. The van der Waals surface area contributed by atoms with E-state index in [1.54, 1.807) is 30.3 Å². The first kappa shape index (κ1) is 18.9. The normalized spacial score (nSPS) is 27.4. The maximum atomic E-state index is 12.7. The third kappa shape index (κ3) is 4.43. The fourth-order valence-electron chi connectivity index (χ4n) is 4.01. The molecule has 0 aliphatic heterocycles. The van der Waals surface area contributed by atoms with Crippen LogP contribution in [-0.4, -0.2) is 25.5 Å². The topological polar surface area (TPSA) is 83.5 Å². The van der Waals surface area contributed by atoms with Crippen molar-refractivity contribution in [3.8, 4) is 0 Å². The molecule has 2 bridgehead atoms. The van der Waals surface area contributed by atoms with Crippen molar-refractivity contribution in [3.63, 3.8) is 0 Å². The number of benzene rings is 1. The van der Waals surface area contributed by atoms with E-state index >= 15 is 0 Å². The van der Waals surface area contributed by atoms with Crippen LogP contribution in [0, 0.1) is 17.8 Å². The number of carboxylic acids is 1. The number of hydrogen-bond donors (Lipinski definition) is 2. The Morgan fingerprint density at radius 3 is 2.62 bits per heavy atom. The van der Waals surface area contributed by atoms with E-state index in [4.69, 9.17) is 5.11 Å². The third-order valence-corrected chi connectivity index (χ3v) is 6.78. The molecule has 5 nitrogen and oxygen atoms in total. The summed E-state index contributed by atoms with van der Waals surface area (Å²) in [5, 5.41) is 8.65. The highest BCUT2D eigenvalue weighted by atomic mass is 32.2. The SMILES string of the molecule is O=C(O)CCCC=CCC1C2C=CC(C2)C1NS(=O)(=O)c1ccccc1. The molecule has 1 fully saturated rings. The van der Waals surface area contributed by atoms with E-state index in [1.165, 1.54) is 0 Å². The molecule has 1 aromatic rings. The van der Waals surface area contributed by atoms with E-state index in [0.717, 1.165) is 19.3 Å². The second-order valence-corrected chi connectivity index (χ2v) is 8.78. The van der Waals surface area contributed by atoms with E-state index < -0.39 is 16.0 Å². The maximum absolute atomic E-state index is 12.7. The number of carbonyl (C=O) groups is 1. The summed E-state index contributed by atoms with van der Waals surface area (Å²) in [7, 11) is -3.52. The Hall–Kier alpha value is -1.92. The van der Waals surface area contributed by atoms with Gasteiger partial charge in [0.1, 0.15) is 0 Å². The first-order valence-electron chi connectivity index (χ1n) is 9.10. The Balaban J connectivity index is 1.62. The second kappa shape index (κ2) is 8.18. The van der Waals surface area contributed by atoms with Gasteiger partial charge in [0.05, 0.1) is 4.90 Å². The van der Waals surface area contributed by atoms with Crippen molar-refractivity contribution in [2.24, 2.45) is 17.8 Å². The summed E-state index contributed by atoms with van der Waals surface area (Å²) < 4.78 is 28.3. The molecule has 4 unspecified atom stereocenters. The zero-order chi connectivity index (χ0) is 18.6. The lowest BCUT2D eigenvalue weighted by molar-refractivity contribution is -0.137. The summed E-state index contributed by atoms with van der Waals surface area (Å²) in [6.45, 7) is 0. The molecule has 2 aliphatic carbocycles. The highest BCUT2D eigenvalue weighted by molar-refractivity contribution is 7.89. The van der Waals surface area contributed by atoms with Crippen LogP contribution >= 0.6 is 0 Å². The minimum atomic E-state index is -3.52. The van der Waals surface area contributed by atoms with Gasteiger partial charge in [-0.1, -0.05) is 42.5 Å². The van der Waals surface area contributed by atoms with Crippen LogP contribution in [0.4, 0.5) is 0 Å². The predicted octanol–water partition coefficient (Wildman–Crippen LogP) is 3.36. The van der Waals surface area contributed by atoms with Crippen molar-refractivity contribution in [2.45, 2.75) is 43.0 Å². The molecular formula is C20H25NO4S. The van der Waals surface area contributed by atoms with Crippen LogP contribution in [0.1, 0.15) is 32.1 Å². The van der Waals surface area contributed by atoms with Gasteiger partial charge in [-0.15, -0.1) is 0 Å². The van der Waals surface area contributed by atoms with Gasteiger partial charge in [-0.05, 0) is 55.6 Å². The second-order valence-electron chi connectivity index (χ2n) is 7.07. The predicted molar refractivity (Wildman–Crippen MR) is 100 cm³/mol. The van der Waals surface area contributed by atoms with Crippen LogP contribution in [0.5, 0.6) is 0 Å². The number of unbranched alkanes of at least 4 members (excludes halogenated alkanes) is 1. The van der Waals surface area contributed by atoms with Crippen LogP contribution < -0.4 is 4.72 Å². The van der Waals surface area contributed by atoms with Crippen molar-refractivity contribution in [1.29, 1.82) is 0 Å². The van der Waals surface area contributed by atoms with Crippen LogP contribution in [0.25, 0.3) is 0 Å². The number of hydrogen-bond acceptors (Lipinski definition) is 3. The molecule has 0 radical (unpaired) electrons. The van der Waals surface area contributed by atoms with E-state index in [2.05, 4.69) is 23.0 Å². The Morgan fingerprint density at radius 2 is 1.88 bits per heavy atom. The van der Waals surface area contributed by atoms with Crippen molar-refractivity contribution < 1.29 is 18.3 Å². The van der Waals surface area contributed by atoms with Gasteiger partial charge in [-0.2, -0.15) is 0 Å². The number of carboxylic acid groups (broad SMARTS) is 1. The molecule has 1 saturated carbocycles. The van der Waals surface area contributed by atoms with Crippen molar-refractivity contribution in [2.75, 3.05) is 0 Å². The maximum Gasteiger partial charge on any atom is 0.303 e. The van der Waals surface area contributed by atoms with Gasteiger partial charge in [-0.3, -0.25) is 4.79 Å². The molecule has 6 heteroatoms. The number of fused-ring (bicyclic) bond motifs is 2. The first-order valence-corrected chi connectivity index (χ1v) is 10.6. The number of rotatable bonds is 9. The fraction of sp³-hybridized carbons (Fsp3) is 0.450. The largest absolute Gasteiger partial charge is 0.481 e. The van der Waals surface area contributed by atoms with Crippen molar-refractivity contribution in [3.05, 3.63) is 54.6 Å². The Labute approximate surface area is 154 Å². The van der Waals surface area contributed by atoms with E-state index in [-0.39, 0.29) is 24.3 Å². The number of aliphatic carboxylic acids is 1. The zero-order valence-corrected chi connectivity index (χ0v) is 15.4. The van der Waals surface area contributed by atoms with Crippen LogP contribution in [0.15, 0.2) is 59.5 Å². The lowest BCUT2D eigenvalue weighted by Gasteiger charge is -2.28. The van der Waals surface area contributed by atoms with Gasteiger partial charge < -0.3 is 5.11 Å². The van der Waals surface area contributed by atoms with Crippen LogP contribution in [0.3, 0.4) is 0 Å². The molecule has 0 amide bonds. The summed E-state index contributed by atoms with van der Waals surface area (Å²) in [6, 6.07) is 8.40. The number of nitrogens with one attached hydrogen (secondary N) is 1. The van der Waals surface area contributed by atoms with Gasteiger partial charge >= 0.3 is 5.97 Å². The summed E-state index contributed by atoms with van der Waals surface area (Å²) >= 11 is 0. The minimum absolute atomic E-state index is 0.0844. The molecule has 0 spiro atoms. The van der Waals surface area contributed by atoms with E-state index in [9.17, 15) is 13.2 Å². The minimum Gasteiger partial charge on any atom is -0.481 e. The Bertz CT molecular complexity index is 785. The highest BCUT2D eigenvalue weighted by Crippen LogP contribution is 2.45. The monoisotopic (exact) mass is 375 g/mol. The molecule has 3 rings (SSSR count). The van der Waals surface area contributed by atoms with Crippen LogP contribution in [-0.2, 0) is 14.8 Å². The molecule has 2 N–H and O–H groups in total. The standard InChI is InChI=1S/C20H25NO4S/c22-19(23)11-7-2-1-6-10-18-15-12-13-16(14-15)20(18)21-26(24,25)17-8-4-3-5-9-17/h1,3-6,8-9,12-13,15-16,18,20-21H,2,7,10-11,14H2,(H,22,23). The lowest BCUT2D eigenvalue weighted by atomic mass is 9.86. The number of sulfonamides is 1. The molecule has 2 aliphatic rings. The van der Waals surface area contributed by atoms with Gasteiger partial charge in [0.25, 0.3) is 0 Å². The quantitative estimate of drug-likeness (QED) is 0.512. The van der Waals surface area contributed by atoms with Crippen LogP contribution in [0.2, 0.25) is 0 Å². The average molecular weight is 375 g/mol. The molecule has 4 atom stereocenters. The summed E-state index contributed by atoms with van der Waals surface area (Å²) in [4.78, 5) is 10.8. The summed E-state index contributed by atoms with van der Waals surface area (Å²) in [5.74, 6) is 0.141. The Kier molecular flexibility index (Phi) is 5.94. The smallest absolute Gasteiger partial charge is 0.303 e. The van der Waals surface area contributed by atoms with Crippen molar-refractivity contribution >= 4 is 16.0 Å². The molecular weight excluding hydrogens is 350 g/mol. The lowest BCUT2D eigenvalue weighted by Crippen LogP contribution is -2.42. The highest BCUT2D eigenvalue weighted by Gasteiger charge is 2.45. The average Bonchev–Trinajstić information content (AvgIpc) is 3.20. The third-order valence-electron chi connectivity index (χ3n) is 5.30. The molecule has 26 heavy (non-hydrogen) atoms. The van der Waals surface area contributed by atoms with Gasteiger partial charge in [-0.25, -0.2) is 13.1 Å². The summed E-state index contributed by atoms with van der Waals surface area (Å²) in [5.41, 5.74) is 0. The Morgan fingerprint density at radius 1 is 1.15 bits per heavy atom. The zero-order valence-electron chi connectivity index (χ0n) is 14.6. The van der Waals surface area contributed by atoms with Gasteiger partial charge in [0.15, 0.2) is 0 Å². The van der Waals surface area contributed by atoms with Gasteiger partial charge in [0.2, 0.25) is 10.0 Å². The molecule has 0 aromatic heterocycles. The summed E-state index contributed by atoms with van der Waals surface area (Å²) in [6.07, 6.45) is 11.8. The van der Waals surface area contributed by atoms with Crippen molar-refractivity contribution in [1.82, 2.24) is 4.72 Å². The molecule has 140 valence electrons.